The molecular weight excluding hydrogens is 445 g/mol. The predicted molar refractivity (Wildman–Crippen MR) is 122 cm³/mol. The van der Waals surface area contributed by atoms with Gasteiger partial charge in [-0.2, -0.15) is 0 Å². The zero-order valence-electron chi connectivity index (χ0n) is 17.5. The summed E-state index contributed by atoms with van der Waals surface area (Å²) in [4.78, 5) is 25.2. The third-order valence-corrected chi connectivity index (χ3v) is 6.39. The molecule has 2 N–H and O–H groups in total. The molecule has 0 fully saturated rings. The molecular formula is C23H20FN5O3S. The Hall–Kier alpha value is -3.79. The molecule has 0 radical (unpaired) electrons. The second kappa shape index (κ2) is 8.99. The Morgan fingerprint density at radius 1 is 1.03 bits per heavy atom. The van der Waals surface area contributed by atoms with Crippen LogP contribution in [0.5, 0.6) is 0 Å². The van der Waals surface area contributed by atoms with Gasteiger partial charge in [0.2, 0.25) is 0 Å². The molecule has 1 aliphatic rings. The predicted octanol–water partition coefficient (Wildman–Crippen LogP) is 4.97. The molecule has 1 aromatic carbocycles. The number of nitrogens with one attached hydrogen (secondary N) is 2. The van der Waals surface area contributed by atoms with Crippen LogP contribution < -0.4 is 10.6 Å². The van der Waals surface area contributed by atoms with Crippen molar-refractivity contribution in [1.29, 1.82) is 0 Å². The third kappa shape index (κ3) is 4.42. The van der Waals surface area contributed by atoms with Gasteiger partial charge in [0.1, 0.15) is 11.6 Å². The first-order valence-corrected chi connectivity index (χ1v) is 11.4. The van der Waals surface area contributed by atoms with Crippen molar-refractivity contribution in [1.82, 2.24) is 14.8 Å². The molecule has 0 unspecified atom stereocenters. The number of furan rings is 1. The maximum atomic E-state index is 14.5. The first-order chi connectivity index (χ1) is 16.1. The van der Waals surface area contributed by atoms with E-state index in [0.29, 0.717) is 21.3 Å². The highest BCUT2D eigenvalue weighted by Crippen LogP contribution is 2.28. The lowest BCUT2D eigenvalue weighted by Crippen LogP contribution is -2.12. The molecule has 0 saturated heterocycles. The van der Waals surface area contributed by atoms with Gasteiger partial charge in [-0.25, -0.2) is 4.39 Å². The molecule has 168 valence electrons. The van der Waals surface area contributed by atoms with Crippen LogP contribution in [-0.4, -0.2) is 26.6 Å². The van der Waals surface area contributed by atoms with Gasteiger partial charge in [-0.1, -0.05) is 6.42 Å². The van der Waals surface area contributed by atoms with Gasteiger partial charge in [0.15, 0.2) is 11.6 Å². The minimum atomic E-state index is -0.550. The molecule has 4 heterocycles. The standard InChI is InChI=1S/C23H20FN5O3S/c24-15-8-7-14(21-28-27-19-6-2-1-3-11-29(19)21)13-16(15)25-23(31)18-9-10-20(33-18)26-22(30)17-5-4-12-32-17/h4-5,7-10,12-13H,1-3,6,11H2,(H,25,31)(H,26,30). The van der Waals surface area contributed by atoms with E-state index >= 15 is 0 Å². The van der Waals surface area contributed by atoms with Crippen LogP contribution in [0, 0.1) is 5.82 Å². The Kier molecular flexibility index (Phi) is 5.74. The molecule has 0 spiro atoms. The molecule has 2 amide bonds. The van der Waals surface area contributed by atoms with Gasteiger partial charge in [0.25, 0.3) is 11.8 Å². The number of nitrogens with zero attached hydrogens (tertiary/aromatic N) is 3. The van der Waals surface area contributed by atoms with Crippen LogP contribution >= 0.6 is 11.3 Å². The van der Waals surface area contributed by atoms with Crippen LogP contribution in [0.2, 0.25) is 0 Å². The molecule has 8 nitrogen and oxygen atoms in total. The molecule has 10 heteroatoms. The van der Waals surface area contributed by atoms with Crippen molar-refractivity contribution in [2.45, 2.75) is 32.2 Å². The fourth-order valence-corrected chi connectivity index (χ4v) is 4.55. The summed E-state index contributed by atoms with van der Waals surface area (Å²) in [5.41, 5.74) is 0.739. The largest absolute Gasteiger partial charge is 0.459 e. The first-order valence-electron chi connectivity index (χ1n) is 10.6. The quantitative estimate of drug-likeness (QED) is 0.433. The topological polar surface area (TPSA) is 102 Å². The summed E-state index contributed by atoms with van der Waals surface area (Å²) in [6, 6.07) is 10.9. The van der Waals surface area contributed by atoms with E-state index in [0.717, 1.165) is 49.4 Å². The van der Waals surface area contributed by atoms with E-state index in [1.165, 1.54) is 12.3 Å². The van der Waals surface area contributed by atoms with Crippen LogP contribution in [0.1, 0.15) is 45.3 Å². The molecule has 5 rings (SSSR count). The van der Waals surface area contributed by atoms with Crippen LogP contribution in [0.3, 0.4) is 0 Å². The Balaban J connectivity index is 1.33. The second-order valence-electron chi connectivity index (χ2n) is 7.65. The Bertz CT molecular complexity index is 1310. The van der Waals surface area contributed by atoms with E-state index in [1.807, 2.05) is 0 Å². The first kappa shape index (κ1) is 21.1. The number of carbonyl (C=O) groups excluding carboxylic acids is 2. The summed E-state index contributed by atoms with van der Waals surface area (Å²) >= 11 is 1.08. The van der Waals surface area contributed by atoms with E-state index < -0.39 is 17.6 Å². The lowest BCUT2D eigenvalue weighted by Gasteiger charge is -2.10. The minimum Gasteiger partial charge on any atom is -0.459 e. The number of aromatic nitrogens is 3. The number of fused-ring (bicyclic) bond motifs is 1. The smallest absolute Gasteiger partial charge is 0.291 e. The maximum absolute atomic E-state index is 14.5. The number of rotatable bonds is 5. The summed E-state index contributed by atoms with van der Waals surface area (Å²) in [5.74, 6) is 0.321. The van der Waals surface area contributed by atoms with Crippen molar-refractivity contribution in [2.75, 3.05) is 10.6 Å². The molecule has 0 saturated carbocycles. The Morgan fingerprint density at radius 2 is 1.94 bits per heavy atom. The third-order valence-electron chi connectivity index (χ3n) is 5.39. The van der Waals surface area contributed by atoms with Crippen molar-refractivity contribution in [3.05, 3.63) is 71.0 Å². The highest BCUT2D eigenvalue weighted by molar-refractivity contribution is 7.18. The number of thiophene rings is 1. The van der Waals surface area contributed by atoms with Crippen LogP contribution in [-0.2, 0) is 13.0 Å². The van der Waals surface area contributed by atoms with Gasteiger partial charge in [0.05, 0.1) is 21.8 Å². The molecule has 3 aromatic heterocycles. The fraction of sp³-hybridized carbons (Fsp3) is 0.217. The van der Waals surface area contributed by atoms with Gasteiger partial charge < -0.3 is 19.6 Å². The Labute approximate surface area is 192 Å². The highest BCUT2D eigenvalue weighted by atomic mass is 32.1. The van der Waals surface area contributed by atoms with Crippen molar-refractivity contribution in [2.24, 2.45) is 0 Å². The van der Waals surface area contributed by atoms with Crippen LogP contribution in [0.15, 0.2) is 53.1 Å². The zero-order chi connectivity index (χ0) is 22.8. The van der Waals surface area contributed by atoms with Crippen molar-refractivity contribution >= 4 is 33.8 Å². The van der Waals surface area contributed by atoms with E-state index in [9.17, 15) is 14.0 Å². The summed E-state index contributed by atoms with van der Waals surface area (Å²) in [6.07, 6.45) is 5.53. The molecule has 0 bridgehead atoms. The summed E-state index contributed by atoms with van der Waals surface area (Å²) in [7, 11) is 0. The van der Waals surface area contributed by atoms with Crippen molar-refractivity contribution < 1.29 is 18.4 Å². The van der Waals surface area contributed by atoms with Gasteiger partial charge in [-0.15, -0.1) is 21.5 Å². The lowest BCUT2D eigenvalue weighted by atomic mass is 10.1. The zero-order valence-corrected chi connectivity index (χ0v) is 18.3. The molecule has 4 aromatic rings. The van der Waals surface area contributed by atoms with E-state index in [-0.39, 0.29) is 11.4 Å². The number of hydrogen-bond acceptors (Lipinski definition) is 6. The molecule has 0 atom stereocenters. The van der Waals surface area contributed by atoms with Gasteiger partial charge in [-0.3, -0.25) is 9.59 Å². The highest BCUT2D eigenvalue weighted by Gasteiger charge is 2.19. The number of anilines is 2. The second-order valence-corrected chi connectivity index (χ2v) is 8.73. The normalized spacial score (nSPS) is 13.2. The number of amides is 2. The van der Waals surface area contributed by atoms with Gasteiger partial charge in [0, 0.05) is 18.5 Å². The van der Waals surface area contributed by atoms with Gasteiger partial charge >= 0.3 is 0 Å². The molecule has 0 aliphatic carbocycles. The van der Waals surface area contributed by atoms with E-state index in [1.54, 1.807) is 36.4 Å². The Morgan fingerprint density at radius 3 is 2.79 bits per heavy atom. The number of hydrogen-bond donors (Lipinski definition) is 2. The molecule has 33 heavy (non-hydrogen) atoms. The average molecular weight is 466 g/mol. The van der Waals surface area contributed by atoms with Crippen LogP contribution in [0.25, 0.3) is 11.4 Å². The van der Waals surface area contributed by atoms with Crippen LogP contribution in [0.4, 0.5) is 15.1 Å². The summed E-state index contributed by atoms with van der Waals surface area (Å²) < 4.78 is 21.6. The summed E-state index contributed by atoms with van der Waals surface area (Å²) in [6.45, 7) is 0.818. The van der Waals surface area contributed by atoms with Crippen molar-refractivity contribution in [3.8, 4) is 11.4 Å². The minimum absolute atomic E-state index is 0.0537. The number of aryl methyl sites for hydroxylation is 1. The summed E-state index contributed by atoms with van der Waals surface area (Å²) in [5, 5.41) is 14.4. The lowest BCUT2D eigenvalue weighted by molar-refractivity contribution is 0.0995. The number of benzene rings is 1. The van der Waals surface area contributed by atoms with E-state index in [2.05, 4.69) is 25.4 Å². The SMILES string of the molecule is O=C(Nc1ccc(C(=O)Nc2cc(-c3nnc4n3CCCCC4)ccc2F)s1)c1ccco1. The van der Waals surface area contributed by atoms with Gasteiger partial charge in [-0.05, 0) is 55.3 Å². The van der Waals surface area contributed by atoms with Crippen molar-refractivity contribution in [3.63, 3.8) is 0 Å². The molecule has 1 aliphatic heterocycles. The number of carbonyl (C=O) groups is 2. The maximum Gasteiger partial charge on any atom is 0.291 e. The van der Waals surface area contributed by atoms with E-state index in [4.69, 9.17) is 4.42 Å². The fourth-order valence-electron chi connectivity index (χ4n) is 3.75. The monoisotopic (exact) mass is 465 g/mol. The average Bonchev–Trinajstić information content (AvgIpc) is 3.55. The number of halogens is 1.